The highest BCUT2D eigenvalue weighted by atomic mass is 16.5. The standard InChI is InChI=1S/C42H38O6/c43-33(27-45-35-11-3-1-4-12-35)29-47-37-23-19-31(20-24-37)39-15-7-9-17-41(39)42-18-10-8-16-40(42)32-21-25-38(26-22-32)48-30-34(44)28-46-36-13-5-2-6-14-36/h1-26,33-34,43-44H,27-30H2. The third kappa shape index (κ3) is 8.82. The molecule has 0 aliphatic heterocycles. The van der Waals surface area contributed by atoms with Crippen LogP contribution in [0.15, 0.2) is 158 Å². The van der Waals surface area contributed by atoms with E-state index < -0.39 is 12.2 Å². The Bertz CT molecular complexity index is 1700. The van der Waals surface area contributed by atoms with E-state index in [1.54, 1.807) is 0 Å². The van der Waals surface area contributed by atoms with Crippen molar-refractivity contribution in [3.63, 3.8) is 0 Å². The van der Waals surface area contributed by atoms with Crippen molar-refractivity contribution < 1.29 is 29.2 Å². The Balaban J connectivity index is 1.09. The monoisotopic (exact) mass is 638 g/mol. The van der Waals surface area contributed by atoms with Gasteiger partial charge < -0.3 is 29.2 Å². The first-order valence-electron chi connectivity index (χ1n) is 16.0. The quantitative estimate of drug-likeness (QED) is 0.118. The second kappa shape index (κ2) is 16.3. The molecule has 6 rings (SSSR count). The molecule has 0 spiro atoms. The summed E-state index contributed by atoms with van der Waals surface area (Å²) < 4.78 is 23.0. The minimum absolute atomic E-state index is 0.128. The Morgan fingerprint density at radius 3 is 0.917 bits per heavy atom. The third-order valence-electron chi connectivity index (χ3n) is 7.73. The molecule has 0 bridgehead atoms. The summed E-state index contributed by atoms with van der Waals surface area (Å²) in [4.78, 5) is 0. The first-order valence-corrected chi connectivity index (χ1v) is 16.0. The lowest BCUT2D eigenvalue weighted by Crippen LogP contribution is -2.25. The predicted octanol–water partition coefficient (Wildman–Crippen LogP) is 8.33. The van der Waals surface area contributed by atoms with E-state index >= 15 is 0 Å². The highest BCUT2D eigenvalue weighted by Gasteiger charge is 2.14. The largest absolute Gasteiger partial charge is 0.491 e. The van der Waals surface area contributed by atoms with Gasteiger partial charge in [0, 0.05) is 0 Å². The molecule has 2 unspecified atom stereocenters. The lowest BCUT2D eigenvalue weighted by Gasteiger charge is -2.16. The molecule has 6 aromatic carbocycles. The molecule has 0 saturated heterocycles. The van der Waals surface area contributed by atoms with Crippen LogP contribution in [0.3, 0.4) is 0 Å². The molecule has 242 valence electrons. The SMILES string of the molecule is OC(COc1ccccc1)COc1ccc(-c2ccccc2-c2ccccc2-c2ccc(OCC(O)COc3ccccc3)cc2)cc1. The zero-order valence-corrected chi connectivity index (χ0v) is 26.5. The van der Waals surface area contributed by atoms with E-state index in [4.69, 9.17) is 18.9 Å². The minimum Gasteiger partial charge on any atom is -0.491 e. The topological polar surface area (TPSA) is 77.4 Å². The lowest BCUT2D eigenvalue weighted by molar-refractivity contribution is 0.0626. The van der Waals surface area contributed by atoms with Crippen molar-refractivity contribution in [3.8, 4) is 56.4 Å². The van der Waals surface area contributed by atoms with Crippen molar-refractivity contribution in [3.05, 3.63) is 158 Å². The van der Waals surface area contributed by atoms with E-state index in [9.17, 15) is 10.2 Å². The highest BCUT2D eigenvalue weighted by Crippen LogP contribution is 2.38. The molecule has 0 aromatic heterocycles. The van der Waals surface area contributed by atoms with Gasteiger partial charge in [-0.3, -0.25) is 0 Å². The maximum absolute atomic E-state index is 10.3. The molecule has 0 fully saturated rings. The van der Waals surface area contributed by atoms with E-state index in [-0.39, 0.29) is 26.4 Å². The van der Waals surface area contributed by atoms with Gasteiger partial charge in [0.2, 0.25) is 0 Å². The summed E-state index contributed by atoms with van der Waals surface area (Å²) in [6.07, 6.45) is -1.51. The first kappa shape index (κ1) is 32.4. The van der Waals surface area contributed by atoms with Crippen LogP contribution in [-0.2, 0) is 0 Å². The minimum atomic E-state index is -0.756. The average molecular weight is 639 g/mol. The van der Waals surface area contributed by atoms with Gasteiger partial charge >= 0.3 is 0 Å². The number of hydrogen-bond donors (Lipinski definition) is 2. The summed E-state index contributed by atoms with van der Waals surface area (Å²) in [7, 11) is 0. The molecule has 48 heavy (non-hydrogen) atoms. The molecule has 2 atom stereocenters. The summed E-state index contributed by atoms with van der Waals surface area (Å²) in [6.45, 7) is 0.559. The zero-order chi connectivity index (χ0) is 33.0. The van der Waals surface area contributed by atoms with Crippen molar-refractivity contribution >= 4 is 0 Å². The molecule has 6 aromatic rings. The average Bonchev–Trinajstić information content (AvgIpc) is 3.16. The molecule has 0 aliphatic rings. The number of para-hydroxylation sites is 2. The van der Waals surface area contributed by atoms with Gasteiger partial charge in [0.05, 0.1) is 0 Å². The number of aliphatic hydroxyl groups is 2. The van der Waals surface area contributed by atoms with Gasteiger partial charge in [-0.1, -0.05) is 109 Å². The Morgan fingerprint density at radius 1 is 0.312 bits per heavy atom. The number of aliphatic hydroxyl groups excluding tert-OH is 2. The van der Waals surface area contributed by atoms with Crippen LogP contribution in [-0.4, -0.2) is 48.8 Å². The van der Waals surface area contributed by atoms with E-state index in [0.29, 0.717) is 23.0 Å². The molecular formula is C42H38O6. The lowest BCUT2D eigenvalue weighted by atomic mass is 9.89. The fourth-order valence-corrected chi connectivity index (χ4v) is 5.30. The molecule has 0 saturated carbocycles. The molecule has 6 heteroatoms. The molecule has 0 amide bonds. The second-order valence-electron chi connectivity index (χ2n) is 11.3. The Kier molecular flexibility index (Phi) is 11.0. The third-order valence-corrected chi connectivity index (χ3v) is 7.73. The van der Waals surface area contributed by atoms with Crippen LogP contribution in [0.4, 0.5) is 0 Å². The number of benzene rings is 6. The van der Waals surface area contributed by atoms with Gasteiger partial charge in [0.15, 0.2) is 0 Å². The number of hydrogen-bond acceptors (Lipinski definition) is 6. The van der Waals surface area contributed by atoms with Crippen molar-refractivity contribution in [2.24, 2.45) is 0 Å². The van der Waals surface area contributed by atoms with Crippen LogP contribution in [0, 0.1) is 0 Å². The van der Waals surface area contributed by atoms with Crippen LogP contribution in [0.2, 0.25) is 0 Å². The zero-order valence-electron chi connectivity index (χ0n) is 26.5. The van der Waals surface area contributed by atoms with Crippen LogP contribution in [0.25, 0.3) is 33.4 Å². The van der Waals surface area contributed by atoms with Gasteiger partial charge in [-0.15, -0.1) is 0 Å². The van der Waals surface area contributed by atoms with Crippen molar-refractivity contribution in [2.45, 2.75) is 12.2 Å². The fourth-order valence-electron chi connectivity index (χ4n) is 5.30. The molecule has 6 nitrogen and oxygen atoms in total. The van der Waals surface area contributed by atoms with Crippen molar-refractivity contribution in [1.82, 2.24) is 0 Å². The van der Waals surface area contributed by atoms with E-state index in [0.717, 1.165) is 33.4 Å². The van der Waals surface area contributed by atoms with Crippen molar-refractivity contribution in [1.29, 1.82) is 0 Å². The van der Waals surface area contributed by atoms with Crippen molar-refractivity contribution in [2.75, 3.05) is 26.4 Å². The molecular weight excluding hydrogens is 600 g/mol. The fraction of sp³-hybridized carbons (Fsp3) is 0.143. The maximum Gasteiger partial charge on any atom is 0.122 e. The summed E-state index contributed by atoms with van der Waals surface area (Å²) in [5.41, 5.74) is 6.52. The number of rotatable bonds is 15. The molecule has 0 heterocycles. The Hall–Kier alpha value is -5.56. The summed E-state index contributed by atoms with van der Waals surface area (Å²) >= 11 is 0. The number of ether oxygens (including phenoxy) is 4. The van der Waals surface area contributed by atoms with Gasteiger partial charge in [-0.25, -0.2) is 0 Å². The molecule has 0 radical (unpaired) electrons. The van der Waals surface area contributed by atoms with Crippen LogP contribution < -0.4 is 18.9 Å². The normalized spacial score (nSPS) is 12.1. The van der Waals surface area contributed by atoms with Crippen LogP contribution >= 0.6 is 0 Å². The Morgan fingerprint density at radius 2 is 0.583 bits per heavy atom. The van der Waals surface area contributed by atoms with E-state index in [1.165, 1.54) is 0 Å². The van der Waals surface area contributed by atoms with E-state index in [2.05, 4.69) is 36.4 Å². The maximum atomic E-state index is 10.3. The smallest absolute Gasteiger partial charge is 0.122 e. The van der Waals surface area contributed by atoms with Gasteiger partial charge in [0.25, 0.3) is 0 Å². The van der Waals surface area contributed by atoms with Gasteiger partial charge in [-0.05, 0) is 81.9 Å². The van der Waals surface area contributed by atoms with Gasteiger partial charge in [0.1, 0.15) is 61.6 Å². The Labute approximate surface area is 281 Å². The second-order valence-corrected chi connectivity index (χ2v) is 11.3. The molecule has 2 N–H and O–H groups in total. The van der Waals surface area contributed by atoms with Gasteiger partial charge in [-0.2, -0.15) is 0 Å². The summed E-state index contributed by atoms with van der Waals surface area (Å²) in [5.74, 6) is 2.77. The van der Waals surface area contributed by atoms with Crippen LogP contribution in [0.1, 0.15) is 0 Å². The summed E-state index contributed by atoms with van der Waals surface area (Å²) in [5, 5.41) is 20.7. The predicted molar refractivity (Wildman–Crippen MR) is 190 cm³/mol. The van der Waals surface area contributed by atoms with E-state index in [1.807, 2.05) is 121 Å². The first-order chi connectivity index (χ1) is 23.6. The highest BCUT2D eigenvalue weighted by molar-refractivity contribution is 5.91. The molecule has 0 aliphatic carbocycles. The van der Waals surface area contributed by atoms with Crippen LogP contribution in [0.5, 0.6) is 23.0 Å². The summed E-state index contributed by atoms with van der Waals surface area (Å²) in [6, 6.07) is 51.4.